The molecule has 12 heteroatoms. The summed E-state index contributed by atoms with van der Waals surface area (Å²) in [6.07, 6.45) is 65.1. The van der Waals surface area contributed by atoms with Crippen LogP contribution >= 0.6 is 0 Å². The van der Waals surface area contributed by atoms with Gasteiger partial charge >= 0.3 is 23.9 Å². The van der Waals surface area contributed by atoms with Crippen LogP contribution in [0, 0.1) is 0 Å². The molecule has 474 valence electrons. The van der Waals surface area contributed by atoms with Gasteiger partial charge in [-0.05, 0) is 96.3 Å². The Balaban J connectivity index is 2.68. The Kier molecular flexibility index (Phi) is 53.6. The molecule has 1 heterocycles. The number of ether oxygens (including phenoxy) is 5. The molecule has 1 aliphatic heterocycles. The van der Waals surface area contributed by atoms with Gasteiger partial charge in [-0.3, -0.25) is 14.4 Å². The number of aliphatic hydroxyl groups excluding tert-OH is 2. The van der Waals surface area contributed by atoms with Crippen LogP contribution in [0.4, 0.5) is 0 Å². The summed E-state index contributed by atoms with van der Waals surface area (Å²) >= 11 is 0. The summed E-state index contributed by atoms with van der Waals surface area (Å²) in [6, 6.07) is 0. The fourth-order valence-corrected chi connectivity index (χ4v) is 9.65. The Labute approximate surface area is 504 Å². The lowest BCUT2D eigenvalue weighted by molar-refractivity contribution is -0.301. The minimum atomic E-state index is -1.92. The quantitative estimate of drug-likeness (QED) is 0.0228. The second-order valence-corrected chi connectivity index (χ2v) is 22.3. The molecule has 0 saturated carbocycles. The third-order valence-electron chi connectivity index (χ3n) is 14.7. The molecule has 1 rings (SSSR count). The van der Waals surface area contributed by atoms with Gasteiger partial charge in [0.05, 0.1) is 6.61 Å². The second-order valence-electron chi connectivity index (χ2n) is 22.3. The average Bonchev–Trinajstić information content (AvgIpc) is 3.59. The van der Waals surface area contributed by atoms with Crippen molar-refractivity contribution in [2.45, 2.75) is 314 Å². The summed E-state index contributed by atoms with van der Waals surface area (Å²) in [4.78, 5) is 51.4. The summed E-state index contributed by atoms with van der Waals surface area (Å²) in [5.41, 5.74) is 0. The Morgan fingerprint density at radius 1 is 0.410 bits per heavy atom. The molecule has 0 spiro atoms. The highest BCUT2D eigenvalue weighted by atomic mass is 16.7. The predicted molar refractivity (Wildman–Crippen MR) is 340 cm³/mol. The van der Waals surface area contributed by atoms with Gasteiger partial charge < -0.3 is 39.0 Å². The van der Waals surface area contributed by atoms with Crippen molar-refractivity contribution in [3.63, 3.8) is 0 Å². The second kappa shape index (κ2) is 58.0. The lowest BCUT2D eigenvalue weighted by atomic mass is 9.98. The van der Waals surface area contributed by atoms with Crippen molar-refractivity contribution in [3.05, 3.63) is 97.2 Å². The lowest BCUT2D eigenvalue weighted by Crippen LogP contribution is -2.61. The van der Waals surface area contributed by atoms with Gasteiger partial charge in [0, 0.05) is 19.3 Å². The first kappa shape index (κ1) is 76.7. The minimum absolute atomic E-state index is 0.0263. The van der Waals surface area contributed by atoms with Crippen LogP contribution < -0.4 is 0 Å². The third kappa shape index (κ3) is 47.6. The van der Waals surface area contributed by atoms with E-state index in [1.807, 2.05) is 0 Å². The molecule has 83 heavy (non-hydrogen) atoms. The summed E-state index contributed by atoms with van der Waals surface area (Å²) in [6.45, 7) is 5.77. The number of aliphatic hydroxyl groups is 2. The Morgan fingerprint density at radius 3 is 1.16 bits per heavy atom. The van der Waals surface area contributed by atoms with E-state index in [1.165, 1.54) is 96.3 Å². The maximum Gasteiger partial charge on any atom is 0.335 e. The van der Waals surface area contributed by atoms with Crippen molar-refractivity contribution in [1.82, 2.24) is 0 Å². The van der Waals surface area contributed by atoms with E-state index >= 15 is 0 Å². The molecule has 6 unspecified atom stereocenters. The number of esters is 3. The van der Waals surface area contributed by atoms with Crippen LogP contribution in [-0.4, -0.2) is 89.2 Å². The van der Waals surface area contributed by atoms with Crippen LogP contribution in [0.25, 0.3) is 0 Å². The SMILES string of the molecule is CC/C=C\C/C=C\C/C=C\C/C=C\CCCCCCC(=O)OC(COC(=O)CCCCCCCCCCCCCCCCCCCCC)COC1OC(C(=O)O)C(O)C(O)C1OC(=O)CCCCCC/C=C\C/C=C\C/C=C\C/C=C\CC. The Morgan fingerprint density at radius 2 is 0.759 bits per heavy atom. The number of hydrogen-bond donors (Lipinski definition) is 3. The van der Waals surface area contributed by atoms with Crippen molar-refractivity contribution in [3.8, 4) is 0 Å². The zero-order valence-electron chi connectivity index (χ0n) is 52.4. The number of allylic oxidation sites excluding steroid dienone is 16. The van der Waals surface area contributed by atoms with Crippen LogP contribution in [-0.2, 0) is 42.9 Å². The molecule has 3 N–H and O–H groups in total. The van der Waals surface area contributed by atoms with Crippen molar-refractivity contribution < 1.29 is 58.2 Å². The van der Waals surface area contributed by atoms with Crippen molar-refractivity contribution in [1.29, 1.82) is 0 Å². The Hall–Kier alpha value is -4.36. The van der Waals surface area contributed by atoms with Gasteiger partial charge in [-0.1, -0.05) is 259 Å². The first-order chi connectivity index (χ1) is 40.6. The van der Waals surface area contributed by atoms with Gasteiger partial charge in [-0.15, -0.1) is 0 Å². The van der Waals surface area contributed by atoms with Crippen molar-refractivity contribution >= 4 is 23.9 Å². The Bertz CT molecular complexity index is 1810. The summed E-state index contributed by atoms with van der Waals surface area (Å²) < 4.78 is 28.5. The van der Waals surface area contributed by atoms with Gasteiger partial charge in [-0.2, -0.15) is 0 Å². The fourth-order valence-electron chi connectivity index (χ4n) is 9.65. The molecule has 0 aromatic rings. The maximum absolute atomic E-state index is 13.2. The van der Waals surface area contributed by atoms with E-state index in [2.05, 4.69) is 118 Å². The molecule has 0 radical (unpaired) electrons. The highest BCUT2D eigenvalue weighted by Gasteiger charge is 2.50. The van der Waals surface area contributed by atoms with Crippen LogP contribution in [0.3, 0.4) is 0 Å². The normalized spacial score (nSPS) is 18.2. The van der Waals surface area contributed by atoms with E-state index in [4.69, 9.17) is 23.7 Å². The molecule has 0 aliphatic carbocycles. The summed E-state index contributed by atoms with van der Waals surface area (Å²) in [7, 11) is 0. The molecule has 1 saturated heterocycles. The number of carboxylic acids is 1. The smallest absolute Gasteiger partial charge is 0.335 e. The number of hydrogen-bond acceptors (Lipinski definition) is 11. The molecule has 6 atom stereocenters. The lowest BCUT2D eigenvalue weighted by Gasteiger charge is -2.40. The van der Waals surface area contributed by atoms with E-state index in [9.17, 15) is 34.5 Å². The van der Waals surface area contributed by atoms with E-state index in [0.717, 1.165) is 122 Å². The monoisotopic (exact) mass is 1160 g/mol. The van der Waals surface area contributed by atoms with Gasteiger partial charge in [0.2, 0.25) is 0 Å². The maximum atomic E-state index is 13.2. The van der Waals surface area contributed by atoms with Gasteiger partial charge in [0.25, 0.3) is 0 Å². The molecular formula is C71H118O12. The van der Waals surface area contributed by atoms with E-state index in [0.29, 0.717) is 19.3 Å². The van der Waals surface area contributed by atoms with Crippen LogP contribution in [0.2, 0.25) is 0 Å². The van der Waals surface area contributed by atoms with E-state index in [1.54, 1.807) is 0 Å². The third-order valence-corrected chi connectivity index (χ3v) is 14.7. The topological polar surface area (TPSA) is 175 Å². The molecule has 0 bridgehead atoms. The summed E-state index contributed by atoms with van der Waals surface area (Å²) in [5, 5.41) is 31.6. The van der Waals surface area contributed by atoms with E-state index in [-0.39, 0.29) is 25.9 Å². The minimum Gasteiger partial charge on any atom is -0.479 e. The number of carboxylic acid groups (broad SMARTS) is 1. The van der Waals surface area contributed by atoms with Crippen LogP contribution in [0.15, 0.2) is 97.2 Å². The first-order valence-corrected chi connectivity index (χ1v) is 33.2. The average molecular weight is 1160 g/mol. The van der Waals surface area contributed by atoms with Crippen molar-refractivity contribution in [2.75, 3.05) is 13.2 Å². The zero-order valence-corrected chi connectivity index (χ0v) is 52.4. The molecule has 0 amide bonds. The highest BCUT2D eigenvalue weighted by molar-refractivity contribution is 5.74. The number of unbranched alkanes of at least 4 members (excludes halogenated alkanes) is 26. The van der Waals surface area contributed by atoms with Crippen LogP contribution in [0.1, 0.15) is 278 Å². The number of carbonyl (C=O) groups excluding carboxylic acids is 3. The highest BCUT2D eigenvalue weighted by Crippen LogP contribution is 2.27. The van der Waals surface area contributed by atoms with Gasteiger partial charge in [0.15, 0.2) is 24.6 Å². The van der Waals surface area contributed by atoms with Gasteiger partial charge in [-0.25, -0.2) is 4.79 Å². The largest absolute Gasteiger partial charge is 0.479 e. The van der Waals surface area contributed by atoms with E-state index < -0.39 is 67.3 Å². The molecular weight excluding hydrogens is 1040 g/mol. The molecule has 1 aliphatic rings. The summed E-state index contributed by atoms with van der Waals surface area (Å²) in [5.74, 6) is -3.18. The van der Waals surface area contributed by atoms with Crippen LogP contribution in [0.5, 0.6) is 0 Å². The van der Waals surface area contributed by atoms with Crippen molar-refractivity contribution in [2.24, 2.45) is 0 Å². The zero-order chi connectivity index (χ0) is 60.3. The number of aliphatic carboxylic acids is 1. The molecule has 1 fully saturated rings. The molecule has 0 aromatic carbocycles. The molecule has 12 nitrogen and oxygen atoms in total. The number of rotatable bonds is 56. The predicted octanol–water partition coefficient (Wildman–Crippen LogP) is 18.0. The first-order valence-electron chi connectivity index (χ1n) is 33.2. The standard InChI is InChI=1S/C71H118O12/c1-4-7-10-13-16-19-22-25-28-31-32-35-36-39-42-45-48-51-54-57-63(72)79-60-62(81-64(73)58-55-52-49-46-43-40-37-33-29-26-23-20-17-14-11-8-5-2)61-80-71-69(67(76)66(75)68(83-71)70(77)78)82-65(74)59-56-53-50-47-44-41-38-34-30-27-24-21-18-15-12-9-6-3/h8-9,11-12,17-18,20-21,26-27,29-30,37-38,40-41,62,66-69,71,75-76H,4-7,10,13-16,19,22-25,28,31-36,39,42-61H2,1-3H3,(H,77,78)/b11-8-,12-9-,20-17-,21-18-,29-26-,30-27-,40-37-,41-38-. The number of carbonyl (C=O) groups is 4. The fraction of sp³-hybridized carbons (Fsp3) is 0.718. The molecule has 0 aromatic heterocycles. The van der Waals surface area contributed by atoms with Gasteiger partial charge in [0.1, 0.15) is 18.8 Å².